The SMILES string of the molecule is CNC(CN1C(C)CCCC1C)(C(N)=O)C1CC1. The fraction of sp³-hybridized carbons (Fsp3) is 0.929. The van der Waals surface area contributed by atoms with E-state index in [1.807, 2.05) is 7.05 Å². The van der Waals surface area contributed by atoms with Gasteiger partial charge in [-0.05, 0) is 52.5 Å². The molecule has 1 amide bonds. The van der Waals surface area contributed by atoms with E-state index < -0.39 is 5.54 Å². The molecule has 1 saturated heterocycles. The number of carbonyl (C=O) groups is 1. The van der Waals surface area contributed by atoms with Crippen LogP contribution in [0.4, 0.5) is 0 Å². The van der Waals surface area contributed by atoms with Crippen molar-refractivity contribution in [1.82, 2.24) is 10.2 Å². The van der Waals surface area contributed by atoms with Gasteiger partial charge in [-0.1, -0.05) is 6.42 Å². The number of carbonyl (C=O) groups excluding carboxylic acids is 1. The number of likely N-dealkylation sites (tertiary alicyclic amines) is 1. The maximum absolute atomic E-state index is 12.0. The van der Waals surface area contributed by atoms with E-state index in [2.05, 4.69) is 24.1 Å². The van der Waals surface area contributed by atoms with Gasteiger partial charge in [0.1, 0.15) is 5.54 Å². The van der Waals surface area contributed by atoms with Crippen LogP contribution in [-0.4, -0.2) is 42.0 Å². The van der Waals surface area contributed by atoms with Gasteiger partial charge in [-0.15, -0.1) is 0 Å². The Morgan fingerprint density at radius 3 is 2.22 bits per heavy atom. The van der Waals surface area contributed by atoms with Crippen molar-refractivity contribution in [2.75, 3.05) is 13.6 Å². The third kappa shape index (κ3) is 2.41. The highest BCUT2D eigenvalue weighted by Crippen LogP contribution is 2.41. The predicted octanol–water partition coefficient (Wildman–Crippen LogP) is 1.10. The van der Waals surface area contributed by atoms with Gasteiger partial charge in [0.25, 0.3) is 0 Å². The van der Waals surface area contributed by atoms with E-state index in [1.54, 1.807) is 0 Å². The molecule has 0 aromatic carbocycles. The van der Waals surface area contributed by atoms with Crippen LogP contribution in [0.3, 0.4) is 0 Å². The second-order valence-corrected chi connectivity index (χ2v) is 6.16. The zero-order chi connectivity index (χ0) is 13.3. The van der Waals surface area contributed by atoms with Gasteiger partial charge < -0.3 is 11.1 Å². The van der Waals surface area contributed by atoms with Crippen molar-refractivity contribution in [3.63, 3.8) is 0 Å². The molecular weight excluding hydrogens is 226 g/mol. The summed E-state index contributed by atoms with van der Waals surface area (Å²) in [5, 5.41) is 3.25. The highest BCUT2D eigenvalue weighted by molar-refractivity contribution is 5.86. The van der Waals surface area contributed by atoms with Crippen molar-refractivity contribution in [2.24, 2.45) is 11.7 Å². The molecule has 1 aliphatic heterocycles. The van der Waals surface area contributed by atoms with Crippen LogP contribution < -0.4 is 11.1 Å². The molecule has 0 radical (unpaired) electrons. The van der Waals surface area contributed by atoms with Crippen LogP contribution in [0.5, 0.6) is 0 Å². The Bertz CT molecular complexity index is 306. The molecule has 3 N–H and O–H groups in total. The third-order valence-electron chi connectivity index (χ3n) is 4.97. The number of nitrogens with one attached hydrogen (secondary N) is 1. The summed E-state index contributed by atoms with van der Waals surface area (Å²) in [5.41, 5.74) is 5.19. The van der Waals surface area contributed by atoms with Crippen molar-refractivity contribution in [3.8, 4) is 0 Å². The summed E-state index contributed by atoms with van der Waals surface area (Å²) in [6.07, 6.45) is 6.01. The Labute approximate surface area is 110 Å². The number of piperidine rings is 1. The molecule has 104 valence electrons. The van der Waals surface area contributed by atoms with E-state index >= 15 is 0 Å². The summed E-state index contributed by atoms with van der Waals surface area (Å²) < 4.78 is 0. The van der Waals surface area contributed by atoms with Crippen LogP contribution in [-0.2, 0) is 4.79 Å². The van der Waals surface area contributed by atoms with E-state index in [-0.39, 0.29) is 5.91 Å². The van der Waals surface area contributed by atoms with Crippen LogP contribution in [0, 0.1) is 5.92 Å². The van der Waals surface area contributed by atoms with Crippen molar-refractivity contribution < 1.29 is 4.79 Å². The number of primary amides is 1. The normalized spacial score (nSPS) is 33.1. The summed E-state index contributed by atoms with van der Waals surface area (Å²) in [7, 11) is 1.88. The molecule has 4 nitrogen and oxygen atoms in total. The minimum atomic E-state index is -0.514. The van der Waals surface area contributed by atoms with Crippen molar-refractivity contribution in [3.05, 3.63) is 0 Å². The molecule has 0 aromatic rings. The zero-order valence-corrected chi connectivity index (χ0v) is 11.9. The van der Waals surface area contributed by atoms with Gasteiger partial charge in [0.2, 0.25) is 5.91 Å². The fourth-order valence-corrected chi connectivity index (χ4v) is 3.47. The average Bonchev–Trinajstić information content (AvgIpc) is 3.13. The van der Waals surface area contributed by atoms with E-state index in [1.165, 1.54) is 19.3 Å². The molecule has 2 fully saturated rings. The Balaban J connectivity index is 2.14. The summed E-state index contributed by atoms with van der Waals surface area (Å²) >= 11 is 0. The molecule has 0 bridgehead atoms. The topological polar surface area (TPSA) is 58.4 Å². The first-order valence-electron chi connectivity index (χ1n) is 7.26. The largest absolute Gasteiger partial charge is 0.368 e. The molecular formula is C14H27N3O. The van der Waals surface area contributed by atoms with E-state index in [0.29, 0.717) is 18.0 Å². The molecule has 2 aliphatic rings. The van der Waals surface area contributed by atoms with Crippen molar-refractivity contribution in [1.29, 1.82) is 0 Å². The zero-order valence-electron chi connectivity index (χ0n) is 11.9. The maximum Gasteiger partial charge on any atom is 0.239 e. The predicted molar refractivity (Wildman–Crippen MR) is 73.2 cm³/mol. The molecule has 4 heteroatoms. The Morgan fingerprint density at radius 2 is 1.83 bits per heavy atom. The van der Waals surface area contributed by atoms with Gasteiger partial charge in [-0.3, -0.25) is 9.69 Å². The van der Waals surface area contributed by atoms with Gasteiger partial charge >= 0.3 is 0 Å². The number of nitrogens with two attached hydrogens (primary N) is 1. The van der Waals surface area contributed by atoms with Crippen molar-refractivity contribution in [2.45, 2.75) is 63.6 Å². The number of hydrogen-bond donors (Lipinski definition) is 2. The number of hydrogen-bond acceptors (Lipinski definition) is 3. The summed E-state index contributed by atoms with van der Waals surface area (Å²) in [6, 6.07) is 1.11. The third-order valence-corrected chi connectivity index (χ3v) is 4.97. The van der Waals surface area contributed by atoms with Crippen LogP contribution in [0.15, 0.2) is 0 Å². The van der Waals surface area contributed by atoms with Gasteiger partial charge in [0, 0.05) is 18.6 Å². The molecule has 1 saturated carbocycles. The van der Waals surface area contributed by atoms with E-state index in [9.17, 15) is 4.79 Å². The lowest BCUT2D eigenvalue weighted by Gasteiger charge is -2.44. The van der Waals surface area contributed by atoms with Crippen LogP contribution >= 0.6 is 0 Å². The Kier molecular flexibility index (Phi) is 3.97. The van der Waals surface area contributed by atoms with E-state index in [4.69, 9.17) is 5.73 Å². The van der Waals surface area contributed by atoms with Crippen LogP contribution in [0.1, 0.15) is 46.0 Å². The van der Waals surface area contributed by atoms with Crippen molar-refractivity contribution >= 4 is 5.91 Å². The average molecular weight is 253 g/mol. The second kappa shape index (κ2) is 5.17. The molecule has 3 unspecified atom stereocenters. The monoisotopic (exact) mass is 253 g/mol. The van der Waals surface area contributed by atoms with E-state index in [0.717, 1.165) is 19.4 Å². The number of amides is 1. The first-order valence-corrected chi connectivity index (χ1v) is 7.26. The molecule has 3 atom stereocenters. The Hall–Kier alpha value is -0.610. The molecule has 2 rings (SSSR count). The molecule has 18 heavy (non-hydrogen) atoms. The first kappa shape index (κ1) is 13.8. The lowest BCUT2D eigenvalue weighted by molar-refractivity contribution is -0.126. The maximum atomic E-state index is 12.0. The highest BCUT2D eigenvalue weighted by atomic mass is 16.1. The molecule has 0 aromatic heterocycles. The van der Waals surface area contributed by atoms with Gasteiger partial charge in [-0.2, -0.15) is 0 Å². The number of likely N-dealkylation sites (N-methyl/N-ethyl adjacent to an activating group) is 1. The summed E-state index contributed by atoms with van der Waals surface area (Å²) in [4.78, 5) is 14.4. The lowest BCUT2D eigenvalue weighted by Crippen LogP contribution is -2.64. The number of nitrogens with zero attached hydrogens (tertiary/aromatic N) is 1. The minimum absolute atomic E-state index is 0.183. The first-order chi connectivity index (χ1) is 8.51. The minimum Gasteiger partial charge on any atom is -0.368 e. The van der Waals surface area contributed by atoms with Gasteiger partial charge in [0.15, 0.2) is 0 Å². The quantitative estimate of drug-likeness (QED) is 0.771. The summed E-state index contributed by atoms with van der Waals surface area (Å²) in [6.45, 7) is 5.31. The molecule has 1 aliphatic carbocycles. The smallest absolute Gasteiger partial charge is 0.239 e. The molecule has 1 heterocycles. The fourth-order valence-electron chi connectivity index (χ4n) is 3.47. The summed E-state index contributed by atoms with van der Waals surface area (Å²) in [5.74, 6) is 0.249. The standard InChI is InChI=1S/C14H27N3O/c1-10-5-4-6-11(2)17(10)9-14(16-3,13(15)18)12-7-8-12/h10-12,16H,4-9H2,1-3H3,(H2,15,18). The van der Waals surface area contributed by atoms with Gasteiger partial charge in [-0.25, -0.2) is 0 Å². The Morgan fingerprint density at radius 1 is 1.28 bits per heavy atom. The lowest BCUT2D eigenvalue weighted by atomic mass is 9.88. The van der Waals surface area contributed by atoms with Gasteiger partial charge in [0.05, 0.1) is 0 Å². The highest BCUT2D eigenvalue weighted by Gasteiger charge is 2.50. The van der Waals surface area contributed by atoms with Crippen LogP contribution in [0.25, 0.3) is 0 Å². The van der Waals surface area contributed by atoms with Crippen LogP contribution in [0.2, 0.25) is 0 Å². The second-order valence-electron chi connectivity index (χ2n) is 6.16. The number of rotatable bonds is 5. The molecule has 0 spiro atoms.